The van der Waals surface area contributed by atoms with Crippen LogP contribution in [-0.2, 0) is 11.2 Å². The molecule has 3 aromatic rings. The second kappa shape index (κ2) is 8.49. The van der Waals surface area contributed by atoms with Crippen molar-refractivity contribution in [2.75, 3.05) is 7.11 Å². The fraction of sp³-hybridized carbons (Fsp3) is 0.174. The molecule has 0 fully saturated rings. The first kappa shape index (κ1) is 18.6. The summed E-state index contributed by atoms with van der Waals surface area (Å²) in [5, 5.41) is 2.91. The predicted molar refractivity (Wildman–Crippen MR) is 105 cm³/mol. The molecule has 4 heteroatoms. The molecular weight excluding hydrogens is 341 g/mol. The van der Waals surface area contributed by atoms with Crippen LogP contribution in [0.4, 0.5) is 4.39 Å². The third kappa shape index (κ3) is 4.73. The van der Waals surface area contributed by atoms with Crippen molar-refractivity contribution in [2.45, 2.75) is 19.4 Å². The molecule has 27 heavy (non-hydrogen) atoms. The number of hydrogen-bond acceptors (Lipinski definition) is 2. The quantitative estimate of drug-likeness (QED) is 0.675. The number of ether oxygens (including phenoxy) is 1. The number of carbonyl (C=O) groups is 1. The van der Waals surface area contributed by atoms with Crippen LogP contribution in [0.1, 0.15) is 24.1 Å². The average molecular weight is 363 g/mol. The molecule has 1 amide bonds. The van der Waals surface area contributed by atoms with E-state index in [1.807, 2.05) is 49.4 Å². The molecule has 138 valence electrons. The highest BCUT2D eigenvalue weighted by atomic mass is 19.1. The van der Waals surface area contributed by atoms with Crippen molar-refractivity contribution < 1.29 is 13.9 Å². The fourth-order valence-corrected chi connectivity index (χ4v) is 2.96. The lowest BCUT2D eigenvalue weighted by atomic mass is 10.0. The number of rotatable bonds is 6. The summed E-state index contributed by atoms with van der Waals surface area (Å²) in [6.07, 6.45) is 0.276. The maximum atomic E-state index is 13.8. The normalized spacial score (nSPS) is 11.7. The van der Waals surface area contributed by atoms with Gasteiger partial charge < -0.3 is 10.1 Å². The van der Waals surface area contributed by atoms with Crippen LogP contribution in [-0.4, -0.2) is 13.0 Å². The number of nitrogens with one attached hydrogen (secondary N) is 1. The van der Waals surface area contributed by atoms with Gasteiger partial charge in [-0.05, 0) is 41.3 Å². The fourth-order valence-electron chi connectivity index (χ4n) is 2.96. The Morgan fingerprint density at radius 3 is 2.30 bits per heavy atom. The Kier molecular flexibility index (Phi) is 5.87. The topological polar surface area (TPSA) is 38.3 Å². The molecule has 3 rings (SSSR count). The van der Waals surface area contributed by atoms with Gasteiger partial charge in [-0.25, -0.2) is 4.39 Å². The van der Waals surface area contributed by atoms with Crippen LogP contribution in [0.5, 0.6) is 5.75 Å². The first-order chi connectivity index (χ1) is 13.1. The zero-order valence-electron chi connectivity index (χ0n) is 15.4. The highest BCUT2D eigenvalue weighted by molar-refractivity contribution is 5.79. The lowest BCUT2D eigenvalue weighted by molar-refractivity contribution is -0.121. The van der Waals surface area contributed by atoms with Gasteiger partial charge in [0, 0.05) is 0 Å². The summed E-state index contributed by atoms with van der Waals surface area (Å²) >= 11 is 0. The molecule has 0 aromatic heterocycles. The van der Waals surface area contributed by atoms with Crippen molar-refractivity contribution in [2.24, 2.45) is 0 Å². The minimum atomic E-state index is -0.437. The first-order valence-electron chi connectivity index (χ1n) is 8.84. The Labute approximate surface area is 158 Å². The first-order valence-corrected chi connectivity index (χ1v) is 8.84. The molecule has 0 aliphatic rings. The minimum absolute atomic E-state index is 0.105. The van der Waals surface area contributed by atoms with Gasteiger partial charge in [0.1, 0.15) is 0 Å². The highest BCUT2D eigenvalue weighted by Crippen LogP contribution is 2.22. The number of halogens is 1. The third-order valence-corrected chi connectivity index (χ3v) is 4.48. The lowest BCUT2D eigenvalue weighted by Crippen LogP contribution is -2.28. The Balaban J connectivity index is 1.61. The van der Waals surface area contributed by atoms with E-state index in [1.54, 1.807) is 12.1 Å². The van der Waals surface area contributed by atoms with E-state index < -0.39 is 5.82 Å². The molecule has 0 bridgehead atoms. The van der Waals surface area contributed by atoms with Crippen LogP contribution >= 0.6 is 0 Å². The number of hydrogen-bond donors (Lipinski definition) is 1. The summed E-state index contributed by atoms with van der Waals surface area (Å²) in [4.78, 5) is 12.3. The second-order valence-corrected chi connectivity index (χ2v) is 6.42. The standard InChI is InChI=1S/C23H22FNO2/c1-16(20-12-13-22(27-2)21(24)15-20)25-23(26)14-17-8-10-19(11-9-17)18-6-4-3-5-7-18/h3-13,15-16H,14H2,1-2H3,(H,25,26)/t16-/m0/s1. The number of benzene rings is 3. The van der Waals surface area contributed by atoms with Crippen LogP contribution in [0.25, 0.3) is 11.1 Å². The van der Waals surface area contributed by atoms with Gasteiger partial charge in [0.05, 0.1) is 19.6 Å². The predicted octanol–water partition coefficient (Wildman–Crippen LogP) is 4.92. The average Bonchev–Trinajstić information content (AvgIpc) is 2.69. The number of amides is 1. The van der Waals surface area contributed by atoms with Crippen molar-refractivity contribution in [3.05, 3.63) is 89.7 Å². The van der Waals surface area contributed by atoms with Crippen molar-refractivity contribution in [3.8, 4) is 16.9 Å². The summed E-state index contributed by atoms with van der Waals surface area (Å²) in [5.74, 6) is -0.352. The molecule has 3 aromatic carbocycles. The summed E-state index contributed by atoms with van der Waals surface area (Å²) in [7, 11) is 1.42. The molecule has 0 spiro atoms. The maximum absolute atomic E-state index is 13.8. The van der Waals surface area contributed by atoms with Crippen molar-refractivity contribution in [1.82, 2.24) is 5.32 Å². The molecule has 0 radical (unpaired) electrons. The SMILES string of the molecule is COc1ccc([C@H](C)NC(=O)Cc2ccc(-c3ccccc3)cc2)cc1F. The molecule has 0 saturated carbocycles. The van der Waals surface area contributed by atoms with E-state index in [0.29, 0.717) is 5.56 Å². The van der Waals surface area contributed by atoms with E-state index >= 15 is 0 Å². The molecular formula is C23H22FNO2. The molecule has 0 aliphatic carbocycles. The van der Waals surface area contributed by atoms with Crippen LogP contribution in [0.15, 0.2) is 72.8 Å². The molecule has 0 heterocycles. The van der Waals surface area contributed by atoms with Crippen molar-refractivity contribution >= 4 is 5.91 Å². The van der Waals surface area contributed by atoms with E-state index in [2.05, 4.69) is 17.4 Å². The lowest BCUT2D eigenvalue weighted by Gasteiger charge is -2.15. The van der Waals surface area contributed by atoms with Crippen LogP contribution in [0, 0.1) is 5.82 Å². The van der Waals surface area contributed by atoms with Crippen LogP contribution < -0.4 is 10.1 Å². The second-order valence-electron chi connectivity index (χ2n) is 6.42. The molecule has 1 N–H and O–H groups in total. The van der Waals surface area contributed by atoms with Crippen LogP contribution in [0.3, 0.4) is 0 Å². The van der Waals surface area contributed by atoms with Gasteiger partial charge in [0.25, 0.3) is 0 Å². The molecule has 3 nitrogen and oxygen atoms in total. The van der Waals surface area contributed by atoms with Crippen molar-refractivity contribution in [1.29, 1.82) is 0 Å². The summed E-state index contributed by atoms with van der Waals surface area (Å²) in [6.45, 7) is 1.83. The Bertz CT molecular complexity index is 907. The van der Waals surface area contributed by atoms with E-state index in [9.17, 15) is 9.18 Å². The number of carbonyl (C=O) groups excluding carboxylic acids is 1. The summed E-state index contributed by atoms with van der Waals surface area (Å²) < 4.78 is 18.8. The van der Waals surface area contributed by atoms with Gasteiger partial charge in [0.2, 0.25) is 5.91 Å². The van der Waals surface area contributed by atoms with Crippen LogP contribution in [0.2, 0.25) is 0 Å². The van der Waals surface area contributed by atoms with Gasteiger partial charge >= 0.3 is 0 Å². The Morgan fingerprint density at radius 1 is 1.00 bits per heavy atom. The maximum Gasteiger partial charge on any atom is 0.224 e. The Hall–Kier alpha value is -3.14. The van der Waals surface area contributed by atoms with Crippen molar-refractivity contribution in [3.63, 3.8) is 0 Å². The minimum Gasteiger partial charge on any atom is -0.494 e. The van der Waals surface area contributed by atoms with Gasteiger partial charge in [0.15, 0.2) is 11.6 Å². The highest BCUT2D eigenvalue weighted by Gasteiger charge is 2.13. The van der Waals surface area contributed by atoms with E-state index in [4.69, 9.17) is 4.74 Å². The zero-order chi connectivity index (χ0) is 19.2. The van der Waals surface area contributed by atoms with Gasteiger partial charge in [-0.15, -0.1) is 0 Å². The van der Waals surface area contributed by atoms with Gasteiger partial charge in [-0.1, -0.05) is 60.7 Å². The van der Waals surface area contributed by atoms with E-state index in [0.717, 1.165) is 16.7 Å². The number of methoxy groups -OCH3 is 1. The van der Waals surface area contributed by atoms with Gasteiger partial charge in [-0.2, -0.15) is 0 Å². The third-order valence-electron chi connectivity index (χ3n) is 4.48. The van der Waals surface area contributed by atoms with E-state index in [1.165, 1.54) is 13.2 Å². The van der Waals surface area contributed by atoms with E-state index in [-0.39, 0.29) is 24.1 Å². The molecule has 1 atom stereocenters. The Morgan fingerprint density at radius 2 is 1.67 bits per heavy atom. The monoisotopic (exact) mass is 363 g/mol. The molecule has 0 saturated heterocycles. The summed E-state index contributed by atoms with van der Waals surface area (Å²) in [6, 6.07) is 22.4. The molecule has 0 aliphatic heterocycles. The summed E-state index contributed by atoms with van der Waals surface area (Å²) in [5.41, 5.74) is 3.88. The molecule has 0 unspecified atom stereocenters. The van der Waals surface area contributed by atoms with Gasteiger partial charge in [-0.3, -0.25) is 4.79 Å². The zero-order valence-corrected chi connectivity index (χ0v) is 15.4. The largest absolute Gasteiger partial charge is 0.494 e. The smallest absolute Gasteiger partial charge is 0.224 e.